The summed E-state index contributed by atoms with van der Waals surface area (Å²) in [5, 5.41) is 10.8. The molecule has 1 heterocycles. The highest BCUT2D eigenvalue weighted by Gasteiger charge is 2.61. The topological polar surface area (TPSA) is 29.5 Å². The van der Waals surface area contributed by atoms with Crippen molar-refractivity contribution in [3.8, 4) is 5.75 Å². The minimum atomic E-state index is -4.68. The van der Waals surface area contributed by atoms with Gasteiger partial charge in [-0.15, -0.1) is 0 Å². The largest absolute Gasteiger partial charge is 0.477 e. The third-order valence-electron chi connectivity index (χ3n) is 3.43. The van der Waals surface area contributed by atoms with Crippen molar-refractivity contribution in [2.75, 3.05) is 0 Å². The van der Waals surface area contributed by atoms with Crippen molar-refractivity contribution in [3.05, 3.63) is 65.7 Å². The summed E-state index contributed by atoms with van der Waals surface area (Å²) in [4.78, 5) is 0. The van der Waals surface area contributed by atoms with Gasteiger partial charge in [0.2, 0.25) is 6.10 Å². The lowest BCUT2D eigenvalue weighted by Gasteiger charge is -2.30. The standard InChI is InChI=1S/C15H11F3O2/c16-15(17,18)13-14(19,10-6-2-1-3-7-10)11-8-4-5-9-12(11)20-13/h1-9,13,19H/t13-,14+/m1/s1. The van der Waals surface area contributed by atoms with Crippen LogP contribution in [0.25, 0.3) is 0 Å². The summed E-state index contributed by atoms with van der Waals surface area (Å²) in [7, 11) is 0. The number of hydrogen-bond acceptors (Lipinski definition) is 2. The summed E-state index contributed by atoms with van der Waals surface area (Å²) < 4.78 is 44.6. The van der Waals surface area contributed by atoms with Crippen molar-refractivity contribution in [1.82, 2.24) is 0 Å². The van der Waals surface area contributed by atoms with E-state index in [1.165, 1.54) is 24.3 Å². The number of hydrogen-bond donors (Lipinski definition) is 1. The van der Waals surface area contributed by atoms with Crippen molar-refractivity contribution in [2.45, 2.75) is 17.9 Å². The van der Waals surface area contributed by atoms with Crippen molar-refractivity contribution in [1.29, 1.82) is 0 Å². The second-order valence-electron chi connectivity index (χ2n) is 4.67. The van der Waals surface area contributed by atoms with Crippen LogP contribution in [0.2, 0.25) is 0 Å². The average molecular weight is 280 g/mol. The molecular weight excluding hydrogens is 269 g/mol. The quantitative estimate of drug-likeness (QED) is 0.869. The van der Waals surface area contributed by atoms with Gasteiger partial charge in [-0.3, -0.25) is 0 Å². The third kappa shape index (κ3) is 1.78. The average Bonchev–Trinajstić information content (AvgIpc) is 2.75. The number of ether oxygens (including phenoxy) is 1. The zero-order valence-electron chi connectivity index (χ0n) is 10.3. The summed E-state index contributed by atoms with van der Waals surface area (Å²) in [6.07, 6.45) is -6.99. The molecule has 0 spiro atoms. The summed E-state index contributed by atoms with van der Waals surface area (Å²) >= 11 is 0. The first-order valence-corrected chi connectivity index (χ1v) is 6.05. The smallest absolute Gasteiger partial charge is 0.429 e. The molecule has 0 fully saturated rings. The maximum Gasteiger partial charge on any atom is 0.429 e. The first-order valence-electron chi connectivity index (χ1n) is 6.05. The maximum absolute atomic E-state index is 13.2. The van der Waals surface area contributed by atoms with Gasteiger partial charge >= 0.3 is 6.18 Å². The van der Waals surface area contributed by atoms with Gasteiger partial charge < -0.3 is 9.84 Å². The number of alkyl halides is 3. The molecule has 2 nitrogen and oxygen atoms in total. The van der Waals surface area contributed by atoms with Crippen LogP contribution in [0.4, 0.5) is 13.2 Å². The summed E-state index contributed by atoms with van der Waals surface area (Å²) in [6, 6.07) is 13.8. The lowest BCUT2D eigenvalue weighted by Crippen LogP contribution is -2.48. The molecule has 0 amide bonds. The highest BCUT2D eigenvalue weighted by molar-refractivity contribution is 5.50. The number of rotatable bonds is 1. The van der Waals surface area contributed by atoms with Gasteiger partial charge in [-0.2, -0.15) is 13.2 Å². The highest BCUT2D eigenvalue weighted by Crippen LogP contribution is 2.50. The van der Waals surface area contributed by atoms with Crippen LogP contribution >= 0.6 is 0 Å². The summed E-state index contributed by atoms with van der Waals surface area (Å²) in [5.41, 5.74) is -1.93. The van der Waals surface area contributed by atoms with E-state index in [1.807, 2.05) is 0 Å². The van der Waals surface area contributed by atoms with Crippen LogP contribution in [0.3, 0.4) is 0 Å². The fourth-order valence-electron chi connectivity index (χ4n) is 2.54. The Morgan fingerprint density at radius 3 is 2.20 bits per heavy atom. The van der Waals surface area contributed by atoms with E-state index in [2.05, 4.69) is 0 Å². The Bertz CT molecular complexity index is 625. The first kappa shape index (κ1) is 13.0. The second kappa shape index (κ2) is 4.24. The normalized spacial score (nSPS) is 25.1. The number of para-hydroxylation sites is 1. The molecule has 0 radical (unpaired) electrons. The lowest BCUT2D eigenvalue weighted by molar-refractivity contribution is -0.230. The second-order valence-corrected chi connectivity index (χ2v) is 4.67. The Labute approximate surface area is 113 Å². The van der Waals surface area contributed by atoms with E-state index < -0.39 is 17.9 Å². The van der Waals surface area contributed by atoms with Gasteiger partial charge in [-0.1, -0.05) is 48.5 Å². The van der Waals surface area contributed by atoms with Crippen LogP contribution in [0, 0.1) is 0 Å². The van der Waals surface area contributed by atoms with E-state index in [0.717, 1.165) is 0 Å². The molecule has 20 heavy (non-hydrogen) atoms. The van der Waals surface area contributed by atoms with Crippen molar-refractivity contribution in [2.24, 2.45) is 0 Å². The predicted octanol–water partition coefficient (Wildman–Crippen LogP) is 3.25. The molecule has 0 aliphatic carbocycles. The molecule has 0 unspecified atom stereocenters. The molecule has 1 aliphatic heterocycles. The Kier molecular flexibility index (Phi) is 2.76. The molecule has 2 aromatic carbocycles. The molecule has 5 heteroatoms. The molecule has 104 valence electrons. The zero-order valence-corrected chi connectivity index (χ0v) is 10.3. The minimum Gasteiger partial charge on any atom is -0.477 e. The molecule has 0 saturated heterocycles. The Morgan fingerprint density at radius 1 is 0.950 bits per heavy atom. The lowest BCUT2D eigenvalue weighted by atomic mass is 9.83. The minimum absolute atomic E-state index is 0.0566. The maximum atomic E-state index is 13.2. The van der Waals surface area contributed by atoms with E-state index in [9.17, 15) is 18.3 Å². The van der Waals surface area contributed by atoms with E-state index in [4.69, 9.17) is 4.74 Å². The number of fused-ring (bicyclic) bond motifs is 1. The molecule has 0 aromatic heterocycles. The Hall–Kier alpha value is -2.01. The van der Waals surface area contributed by atoms with Gasteiger partial charge in [-0.25, -0.2) is 0 Å². The van der Waals surface area contributed by atoms with Crippen LogP contribution in [-0.4, -0.2) is 17.4 Å². The number of halogens is 3. The van der Waals surface area contributed by atoms with Crippen molar-refractivity contribution < 1.29 is 23.0 Å². The fourth-order valence-corrected chi connectivity index (χ4v) is 2.54. The monoisotopic (exact) mass is 280 g/mol. The van der Waals surface area contributed by atoms with Crippen LogP contribution in [-0.2, 0) is 5.60 Å². The molecule has 0 bridgehead atoms. The van der Waals surface area contributed by atoms with Crippen LogP contribution in [0.15, 0.2) is 54.6 Å². The van der Waals surface area contributed by atoms with Gasteiger partial charge in [0.05, 0.1) is 0 Å². The van der Waals surface area contributed by atoms with Crippen LogP contribution in [0.5, 0.6) is 5.75 Å². The Balaban J connectivity index is 2.22. The van der Waals surface area contributed by atoms with E-state index in [0.29, 0.717) is 0 Å². The molecule has 3 rings (SSSR count). The van der Waals surface area contributed by atoms with Gasteiger partial charge in [-0.05, 0) is 11.6 Å². The van der Waals surface area contributed by atoms with Gasteiger partial charge in [0, 0.05) is 5.56 Å². The molecule has 1 N–H and O–H groups in total. The van der Waals surface area contributed by atoms with E-state index in [1.54, 1.807) is 30.3 Å². The van der Waals surface area contributed by atoms with Crippen molar-refractivity contribution in [3.63, 3.8) is 0 Å². The Morgan fingerprint density at radius 2 is 1.55 bits per heavy atom. The third-order valence-corrected chi connectivity index (χ3v) is 3.43. The SMILES string of the molecule is O[C@@]1(c2ccccc2)c2ccccc2O[C@H]1C(F)(F)F. The van der Waals surface area contributed by atoms with Gasteiger partial charge in [0.25, 0.3) is 0 Å². The number of benzene rings is 2. The summed E-state index contributed by atoms with van der Waals surface area (Å²) in [6.45, 7) is 0. The molecule has 2 aromatic rings. The highest BCUT2D eigenvalue weighted by atomic mass is 19.4. The van der Waals surface area contributed by atoms with Gasteiger partial charge in [0.15, 0.2) is 5.60 Å². The zero-order chi connectivity index (χ0) is 14.4. The van der Waals surface area contributed by atoms with Crippen LogP contribution < -0.4 is 4.74 Å². The van der Waals surface area contributed by atoms with Crippen molar-refractivity contribution >= 4 is 0 Å². The molecule has 1 aliphatic rings. The predicted molar refractivity (Wildman–Crippen MR) is 66.4 cm³/mol. The van der Waals surface area contributed by atoms with E-state index >= 15 is 0 Å². The number of aliphatic hydroxyl groups is 1. The van der Waals surface area contributed by atoms with E-state index in [-0.39, 0.29) is 16.9 Å². The molecule has 2 atom stereocenters. The summed E-state index contributed by atoms with van der Waals surface area (Å²) in [5.74, 6) is 0.0566. The molecular formula is C15H11F3O2. The van der Waals surface area contributed by atoms with Crippen LogP contribution in [0.1, 0.15) is 11.1 Å². The molecule has 0 saturated carbocycles. The fraction of sp³-hybridized carbons (Fsp3) is 0.200. The van der Waals surface area contributed by atoms with Gasteiger partial charge in [0.1, 0.15) is 5.75 Å². The first-order chi connectivity index (χ1) is 9.44.